The second-order valence-electron chi connectivity index (χ2n) is 5.06. The van der Waals surface area contributed by atoms with Crippen LogP contribution in [0.4, 0.5) is 17.3 Å². The molecule has 1 saturated carbocycles. The maximum Gasteiger partial charge on any atom is 0.136 e. The molecule has 2 aromatic rings. The van der Waals surface area contributed by atoms with Crippen molar-refractivity contribution >= 4 is 28.9 Å². The van der Waals surface area contributed by atoms with E-state index >= 15 is 0 Å². The standard InChI is InChI=1S/C15H17ClN4/c1-9-11(16)4-3-5-12(9)18-14-8-13(17-2)19-15(20-14)10-6-7-10/h3-5,8,10H,6-7H2,1-2H3,(H2,17,18,19,20). The molecule has 0 atom stereocenters. The molecule has 1 aliphatic rings. The van der Waals surface area contributed by atoms with Crippen LogP contribution < -0.4 is 10.6 Å². The summed E-state index contributed by atoms with van der Waals surface area (Å²) in [5.41, 5.74) is 1.99. The molecule has 0 spiro atoms. The quantitative estimate of drug-likeness (QED) is 0.889. The summed E-state index contributed by atoms with van der Waals surface area (Å²) in [5, 5.41) is 7.17. The van der Waals surface area contributed by atoms with Crippen LogP contribution in [-0.4, -0.2) is 17.0 Å². The third-order valence-electron chi connectivity index (χ3n) is 3.47. The lowest BCUT2D eigenvalue weighted by molar-refractivity contribution is 0.932. The lowest BCUT2D eigenvalue weighted by Crippen LogP contribution is -2.03. The van der Waals surface area contributed by atoms with Gasteiger partial charge in [0.05, 0.1) is 0 Å². The molecule has 104 valence electrons. The van der Waals surface area contributed by atoms with Crippen molar-refractivity contribution in [2.24, 2.45) is 0 Å². The molecular formula is C15H17ClN4. The lowest BCUT2D eigenvalue weighted by atomic mass is 10.2. The van der Waals surface area contributed by atoms with Gasteiger partial charge in [0.15, 0.2) is 0 Å². The molecule has 20 heavy (non-hydrogen) atoms. The monoisotopic (exact) mass is 288 g/mol. The molecule has 1 aliphatic carbocycles. The molecule has 1 fully saturated rings. The molecule has 1 heterocycles. The van der Waals surface area contributed by atoms with Gasteiger partial charge in [-0.3, -0.25) is 0 Å². The summed E-state index contributed by atoms with van der Waals surface area (Å²) in [6.07, 6.45) is 2.37. The Morgan fingerprint density at radius 1 is 1.20 bits per heavy atom. The minimum Gasteiger partial charge on any atom is -0.373 e. The van der Waals surface area contributed by atoms with Crippen molar-refractivity contribution < 1.29 is 0 Å². The zero-order valence-electron chi connectivity index (χ0n) is 11.6. The normalized spacial score (nSPS) is 14.2. The molecule has 0 saturated heterocycles. The van der Waals surface area contributed by atoms with Crippen LogP contribution in [0.15, 0.2) is 24.3 Å². The van der Waals surface area contributed by atoms with Crippen molar-refractivity contribution in [3.05, 3.63) is 40.7 Å². The van der Waals surface area contributed by atoms with Gasteiger partial charge >= 0.3 is 0 Å². The highest BCUT2D eigenvalue weighted by atomic mass is 35.5. The molecule has 0 radical (unpaired) electrons. The number of nitrogens with one attached hydrogen (secondary N) is 2. The van der Waals surface area contributed by atoms with E-state index in [9.17, 15) is 0 Å². The molecule has 5 heteroatoms. The minimum atomic E-state index is 0.518. The summed E-state index contributed by atoms with van der Waals surface area (Å²) in [7, 11) is 1.87. The maximum absolute atomic E-state index is 6.15. The Morgan fingerprint density at radius 2 is 1.95 bits per heavy atom. The van der Waals surface area contributed by atoms with Crippen molar-refractivity contribution in [1.29, 1.82) is 0 Å². The molecule has 4 nitrogen and oxygen atoms in total. The summed E-state index contributed by atoms with van der Waals surface area (Å²) >= 11 is 6.15. The molecule has 3 rings (SSSR count). The summed E-state index contributed by atoms with van der Waals surface area (Å²) in [5.74, 6) is 3.07. The van der Waals surface area contributed by atoms with Crippen molar-refractivity contribution in [3.8, 4) is 0 Å². The van der Waals surface area contributed by atoms with Crippen LogP contribution in [-0.2, 0) is 0 Å². The summed E-state index contributed by atoms with van der Waals surface area (Å²) < 4.78 is 0. The van der Waals surface area contributed by atoms with Crippen LogP contribution in [0.25, 0.3) is 0 Å². The van der Waals surface area contributed by atoms with Gasteiger partial charge in [0, 0.05) is 29.7 Å². The Balaban J connectivity index is 1.93. The van der Waals surface area contributed by atoms with E-state index in [1.807, 2.05) is 38.2 Å². The van der Waals surface area contributed by atoms with Gasteiger partial charge in [-0.1, -0.05) is 17.7 Å². The Labute approximate surface area is 123 Å². The van der Waals surface area contributed by atoms with E-state index in [4.69, 9.17) is 11.6 Å². The number of aromatic nitrogens is 2. The van der Waals surface area contributed by atoms with Crippen molar-refractivity contribution in [3.63, 3.8) is 0 Å². The summed E-state index contributed by atoms with van der Waals surface area (Å²) in [4.78, 5) is 9.11. The first-order valence-electron chi connectivity index (χ1n) is 6.76. The number of hydrogen-bond acceptors (Lipinski definition) is 4. The Morgan fingerprint density at radius 3 is 2.65 bits per heavy atom. The van der Waals surface area contributed by atoms with Gasteiger partial charge < -0.3 is 10.6 Å². The van der Waals surface area contributed by atoms with Crippen LogP contribution >= 0.6 is 11.6 Å². The second kappa shape index (κ2) is 5.29. The van der Waals surface area contributed by atoms with Gasteiger partial charge in [-0.25, -0.2) is 9.97 Å². The van der Waals surface area contributed by atoms with E-state index in [2.05, 4.69) is 20.6 Å². The number of nitrogens with zero attached hydrogens (tertiary/aromatic N) is 2. The number of rotatable bonds is 4. The number of halogens is 1. The van der Waals surface area contributed by atoms with Gasteiger partial charge in [-0.15, -0.1) is 0 Å². The summed E-state index contributed by atoms with van der Waals surface area (Å²) in [6.45, 7) is 1.99. The molecule has 2 N–H and O–H groups in total. The number of anilines is 3. The van der Waals surface area contributed by atoms with Gasteiger partial charge in [0.2, 0.25) is 0 Å². The molecule has 0 aliphatic heterocycles. The van der Waals surface area contributed by atoms with Crippen LogP contribution in [0.5, 0.6) is 0 Å². The Hall–Kier alpha value is -1.81. The highest BCUT2D eigenvalue weighted by Crippen LogP contribution is 2.39. The van der Waals surface area contributed by atoms with Gasteiger partial charge in [-0.05, 0) is 37.5 Å². The van der Waals surface area contributed by atoms with E-state index in [1.54, 1.807) is 0 Å². The van der Waals surface area contributed by atoms with E-state index in [0.717, 1.165) is 33.7 Å². The predicted molar refractivity (Wildman–Crippen MR) is 83.0 cm³/mol. The predicted octanol–water partition coefficient (Wildman–Crippen LogP) is 4.10. The molecule has 0 unspecified atom stereocenters. The number of hydrogen-bond donors (Lipinski definition) is 2. The van der Waals surface area contributed by atoms with Crippen LogP contribution in [0.1, 0.15) is 30.1 Å². The topological polar surface area (TPSA) is 49.8 Å². The Bertz CT molecular complexity index is 638. The fourth-order valence-electron chi connectivity index (χ4n) is 2.06. The third kappa shape index (κ3) is 2.70. The first kappa shape index (κ1) is 13.2. The first-order valence-corrected chi connectivity index (χ1v) is 7.14. The molecule has 0 amide bonds. The maximum atomic E-state index is 6.15. The highest BCUT2D eigenvalue weighted by Gasteiger charge is 2.27. The first-order chi connectivity index (χ1) is 9.67. The van der Waals surface area contributed by atoms with Crippen molar-refractivity contribution in [2.45, 2.75) is 25.7 Å². The molecule has 1 aromatic heterocycles. The largest absolute Gasteiger partial charge is 0.373 e. The SMILES string of the molecule is CNc1cc(Nc2cccc(Cl)c2C)nc(C2CC2)n1. The zero-order chi connectivity index (χ0) is 14.1. The van der Waals surface area contributed by atoms with Crippen LogP contribution in [0, 0.1) is 6.92 Å². The van der Waals surface area contributed by atoms with Crippen LogP contribution in [0.2, 0.25) is 5.02 Å². The van der Waals surface area contributed by atoms with Crippen molar-refractivity contribution in [2.75, 3.05) is 17.7 Å². The molecular weight excluding hydrogens is 272 g/mol. The average molecular weight is 289 g/mol. The average Bonchev–Trinajstić information content (AvgIpc) is 3.28. The number of benzene rings is 1. The van der Waals surface area contributed by atoms with E-state index < -0.39 is 0 Å². The van der Waals surface area contributed by atoms with Gasteiger partial charge in [0.25, 0.3) is 0 Å². The van der Waals surface area contributed by atoms with E-state index in [1.165, 1.54) is 12.8 Å². The van der Waals surface area contributed by atoms with Gasteiger partial charge in [-0.2, -0.15) is 0 Å². The fraction of sp³-hybridized carbons (Fsp3) is 0.333. The van der Waals surface area contributed by atoms with Crippen LogP contribution in [0.3, 0.4) is 0 Å². The van der Waals surface area contributed by atoms with Crippen molar-refractivity contribution in [1.82, 2.24) is 9.97 Å². The molecule has 0 bridgehead atoms. The molecule has 1 aromatic carbocycles. The smallest absolute Gasteiger partial charge is 0.136 e. The highest BCUT2D eigenvalue weighted by molar-refractivity contribution is 6.31. The third-order valence-corrected chi connectivity index (χ3v) is 3.88. The van der Waals surface area contributed by atoms with E-state index in [-0.39, 0.29) is 0 Å². The fourth-order valence-corrected chi connectivity index (χ4v) is 2.24. The van der Waals surface area contributed by atoms with Gasteiger partial charge in [0.1, 0.15) is 17.5 Å². The van der Waals surface area contributed by atoms with E-state index in [0.29, 0.717) is 5.92 Å². The lowest BCUT2D eigenvalue weighted by Gasteiger charge is -2.12. The minimum absolute atomic E-state index is 0.518. The second-order valence-corrected chi connectivity index (χ2v) is 5.47. The summed E-state index contributed by atoms with van der Waals surface area (Å²) in [6, 6.07) is 7.72. The Kier molecular flexibility index (Phi) is 3.49. The zero-order valence-corrected chi connectivity index (χ0v) is 12.3.